The molecule has 3 amide bonds. The summed E-state index contributed by atoms with van der Waals surface area (Å²) in [6.45, 7) is 4.28. The van der Waals surface area contributed by atoms with Gasteiger partial charge in [0.1, 0.15) is 6.10 Å². The van der Waals surface area contributed by atoms with Crippen LogP contribution < -0.4 is 25.6 Å². The number of benzene rings is 4. The van der Waals surface area contributed by atoms with E-state index in [2.05, 4.69) is 23.0 Å². The Labute approximate surface area is 308 Å². The van der Waals surface area contributed by atoms with Crippen LogP contribution in [0.25, 0.3) is 10.8 Å². The molecular weight excluding hydrogens is 676 g/mol. The molecule has 0 aromatic heterocycles. The Morgan fingerprint density at radius 1 is 0.906 bits per heavy atom. The van der Waals surface area contributed by atoms with E-state index in [0.717, 1.165) is 35.1 Å². The number of rotatable bonds is 15. The second-order valence-corrected chi connectivity index (χ2v) is 14.0. The summed E-state index contributed by atoms with van der Waals surface area (Å²) in [6.07, 6.45) is 4.46. The Kier molecular flexibility index (Phi) is 11.9. The summed E-state index contributed by atoms with van der Waals surface area (Å²) in [4.78, 5) is 55.4. The molecule has 5 unspecified atom stereocenters. The van der Waals surface area contributed by atoms with Crippen molar-refractivity contribution in [3.8, 4) is 11.5 Å². The second kappa shape index (κ2) is 16.9. The van der Waals surface area contributed by atoms with Gasteiger partial charge in [0.15, 0.2) is 11.5 Å². The van der Waals surface area contributed by atoms with Crippen molar-refractivity contribution in [3.05, 3.63) is 111 Å². The number of nitrogens with zero attached hydrogens (tertiary/aromatic N) is 1. The molecule has 0 saturated heterocycles. The van der Waals surface area contributed by atoms with E-state index in [1.54, 1.807) is 37.3 Å². The summed E-state index contributed by atoms with van der Waals surface area (Å²) in [6, 6.07) is 23.0. The fourth-order valence-electron chi connectivity index (χ4n) is 7.47. The molecule has 3 N–H and O–H groups in total. The van der Waals surface area contributed by atoms with Gasteiger partial charge in [0.25, 0.3) is 17.5 Å². The lowest BCUT2D eigenvalue weighted by atomic mass is 10.0. The topological polar surface area (TPSA) is 158 Å². The number of hydrogen-bond donors (Lipinski definition) is 3. The summed E-state index contributed by atoms with van der Waals surface area (Å²) >= 11 is 0. The maximum atomic E-state index is 12.9. The number of amides is 3. The number of carbonyl (C=O) groups excluding carboxylic acids is 3. The minimum absolute atomic E-state index is 0.00284. The first-order valence-electron chi connectivity index (χ1n) is 18.2. The van der Waals surface area contributed by atoms with Gasteiger partial charge in [-0.3, -0.25) is 29.3 Å². The number of methoxy groups -OCH3 is 1. The normalized spacial score (nSPS) is 19.6. The van der Waals surface area contributed by atoms with Crippen molar-refractivity contribution in [1.82, 2.24) is 16.1 Å². The molecule has 53 heavy (non-hydrogen) atoms. The highest BCUT2D eigenvalue weighted by Crippen LogP contribution is 2.53. The Morgan fingerprint density at radius 2 is 1.64 bits per heavy atom. The van der Waals surface area contributed by atoms with Crippen LogP contribution in [0.15, 0.2) is 78.9 Å². The molecule has 12 nitrogen and oxygen atoms in total. The first-order valence-corrected chi connectivity index (χ1v) is 18.2. The Balaban J connectivity index is 0.980. The van der Waals surface area contributed by atoms with E-state index in [-0.39, 0.29) is 53.8 Å². The van der Waals surface area contributed by atoms with Gasteiger partial charge in [-0.1, -0.05) is 62.2 Å². The fourth-order valence-corrected chi connectivity index (χ4v) is 7.47. The van der Waals surface area contributed by atoms with E-state index in [0.29, 0.717) is 35.8 Å². The van der Waals surface area contributed by atoms with E-state index < -0.39 is 16.9 Å². The van der Waals surface area contributed by atoms with Crippen LogP contribution in [-0.2, 0) is 16.2 Å². The molecule has 12 heteroatoms. The van der Waals surface area contributed by atoms with E-state index in [1.807, 2.05) is 36.4 Å². The molecule has 4 aromatic carbocycles. The molecule has 278 valence electrons. The third-order valence-corrected chi connectivity index (χ3v) is 10.5. The van der Waals surface area contributed by atoms with Gasteiger partial charge in [-0.05, 0) is 90.6 Å². The van der Waals surface area contributed by atoms with Crippen LogP contribution >= 0.6 is 0 Å². The number of hydroxylamine groups is 1. The molecule has 2 aliphatic rings. The van der Waals surface area contributed by atoms with Crippen LogP contribution in [0.5, 0.6) is 11.5 Å². The second-order valence-electron chi connectivity index (χ2n) is 14.0. The van der Waals surface area contributed by atoms with E-state index >= 15 is 0 Å². The molecule has 0 aliphatic heterocycles. The van der Waals surface area contributed by atoms with Crippen LogP contribution in [0.1, 0.15) is 90.3 Å². The van der Waals surface area contributed by atoms with Gasteiger partial charge in [0, 0.05) is 30.1 Å². The molecule has 0 radical (unpaired) electrons. The molecule has 2 aliphatic carbocycles. The third kappa shape index (κ3) is 9.12. The summed E-state index contributed by atoms with van der Waals surface area (Å²) in [5, 5.41) is 20.2. The molecule has 0 bridgehead atoms. The molecule has 2 fully saturated rings. The van der Waals surface area contributed by atoms with Crippen molar-refractivity contribution in [2.45, 2.75) is 71.1 Å². The quantitative estimate of drug-likeness (QED) is 0.0660. The van der Waals surface area contributed by atoms with Crippen LogP contribution in [0.4, 0.5) is 5.69 Å². The summed E-state index contributed by atoms with van der Waals surface area (Å²) in [7, 11) is 1.43. The highest BCUT2D eigenvalue weighted by Gasteiger charge is 2.51. The summed E-state index contributed by atoms with van der Waals surface area (Å²) in [5.41, 5.74) is 3.92. The molecular formula is C41H46N4O8. The predicted octanol–water partition coefficient (Wildman–Crippen LogP) is 7.21. The SMILES string of the molecule is COc1cc(C(C)ONC(=O)c2ccc(CNC(=O)c3ccc4ccccc4c3)cc2)c([N+](=O)[O-])cc1OCCCC(=O)NC1CCCCC2C(C)C12. The van der Waals surface area contributed by atoms with Gasteiger partial charge >= 0.3 is 0 Å². The largest absolute Gasteiger partial charge is 0.493 e. The molecule has 5 atom stereocenters. The Hall–Kier alpha value is -5.49. The monoisotopic (exact) mass is 722 g/mol. The van der Waals surface area contributed by atoms with Crippen molar-refractivity contribution >= 4 is 34.2 Å². The number of nitro groups is 1. The first-order chi connectivity index (χ1) is 25.6. The van der Waals surface area contributed by atoms with Crippen LogP contribution in [0, 0.1) is 27.9 Å². The van der Waals surface area contributed by atoms with Gasteiger partial charge in [-0.15, -0.1) is 0 Å². The number of hydrogen-bond acceptors (Lipinski definition) is 8. The van der Waals surface area contributed by atoms with Crippen molar-refractivity contribution in [1.29, 1.82) is 0 Å². The lowest BCUT2D eigenvalue weighted by molar-refractivity contribution is -0.386. The maximum Gasteiger partial charge on any atom is 0.279 e. The number of nitrogens with one attached hydrogen (secondary N) is 3. The average Bonchev–Trinajstić information content (AvgIpc) is 3.88. The zero-order valence-corrected chi connectivity index (χ0v) is 30.3. The third-order valence-electron chi connectivity index (χ3n) is 10.5. The number of nitro benzene ring substituents is 1. The van der Waals surface area contributed by atoms with Gasteiger partial charge in [-0.25, -0.2) is 5.48 Å². The van der Waals surface area contributed by atoms with Crippen molar-refractivity contribution in [2.24, 2.45) is 17.8 Å². The molecule has 0 spiro atoms. The standard InChI is InChI=1S/C41H46N4O8/c1-25-32-11-6-7-12-34(39(25)32)43-38(46)13-8-20-52-37-23-35(45(49)50)33(22-36(37)51-3)26(2)53-44-41(48)29-16-14-27(15-17-29)24-42-40(47)31-19-18-28-9-4-5-10-30(28)21-31/h4-5,9-10,14-19,21-23,25-26,32,34,39H,6-8,11-13,20,24H2,1-3H3,(H,42,47)(H,43,46)(H,44,48). The highest BCUT2D eigenvalue weighted by atomic mass is 16.7. The van der Waals surface area contributed by atoms with Gasteiger partial charge < -0.3 is 20.1 Å². The Bertz CT molecular complexity index is 1970. The lowest BCUT2D eigenvalue weighted by Crippen LogP contribution is -2.37. The minimum atomic E-state index is -0.923. The highest BCUT2D eigenvalue weighted by molar-refractivity contribution is 5.98. The summed E-state index contributed by atoms with van der Waals surface area (Å²) < 4.78 is 11.3. The zero-order valence-electron chi connectivity index (χ0n) is 30.3. The van der Waals surface area contributed by atoms with Crippen LogP contribution in [0.3, 0.4) is 0 Å². The molecule has 6 rings (SSSR count). The maximum absolute atomic E-state index is 12.9. The van der Waals surface area contributed by atoms with Gasteiger partial charge in [0.05, 0.1) is 30.3 Å². The van der Waals surface area contributed by atoms with Crippen molar-refractivity contribution in [3.63, 3.8) is 0 Å². The molecule has 4 aromatic rings. The summed E-state index contributed by atoms with van der Waals surface area (Å²) in [5.74, 6) is 1.66. The smallest absolute Gasteiger partial charge is 0.279 e. The Morgan fingerprint density at radius 3 is 2.40 bits per heavy atom. The van der Waals surface area contributed by atoms with Crippen molar-refractivity contribution < 1.29 is 33.6 Å². The molecule has 2 saturated carbocycles. The molecule has 0 heterocycles. The van der Waals surface area contributed by atoms with E-state index in [9.17, 15) is 24.5 Å². The number of fused-ring (bicyclic) bond motifs is 2. The average molecular weight is 723 g/mol. The number of ether oxygens (including phenoxy) is 2. The zero-order chi connectivity index (χ0) is 37.5. The lowest BCUT2D eigenvalue weighted by Gasteiger charge is -2.18. The minimum Gasteiger partial charge on any atom is -0.493 e. The fraction of sp³-hybridized carbons (Fsp3) is 0.390. The van der Waals surface area contributed by atoms with Crippen LogP contribution in [-0.4, -0.2) is 42.4 Å². The predicted molar refractivity (Wildman–Crippen MR) is 199 cm³/mol. The van der Waals surface area contributed by atoms with Crippen LogP contribution in [0.2, 0.25) is 0 Å². The van der Waals surface area contributed by atoms with Gasteiger partial charge in [0.2, 0.25) is 5.91 Å². The van der Waals surface area contributed by atoms with Gasteiger partial charge in [-0.2, -0.15) is 0 Å². The first kappa shape index (κ1) is 37.3. The van der Waals surface area contributed by atoms with E-state index in [1.165, 1.54) is 32.1 Å². The number of carbonyl (C=O) groups is 3. The van der Waals surface area contributed by atoms with E-state index in [4.69, 9.17) is 14.3 Å². The van der Waals surface area contributed by atoms with Crippen molar-refractivity contribution in [2.75, 3.05) is 13.7 Å².